The molecule has 0 radical (unpaired) electrons. The highest BCUT2D eigenvalue weighted by Crippen LogP contribution is 2.26. The van der Waals surface area contributed by atoms with Crippen LogP contribution >= 0.6 is 22.7 Å². The lowest BCUT2D eigenvalue weighted by molar-refractivity contribution is -0.599. The van der Waals surface area contributed by atoms with Crippen molar-refractivity contribution in [2.45, 2.75) is 12.6 Å². The van der Waals surface area contributed by atoms with Gasteiger partial charge in [0.05, 0.1) is 37.6 Å². The van der Waals surface area contributed by atoms with Gasteiger partial charge in [-0.3, -0.25) is 0 Å². The van der Waals surface area contributed by atoms with Gasteiger partial charge in [0.15, 0.2) is 12.6 Å². The van der Waals surface area contributed by atoms with Crippen LogP contribution in [0.3, 0.4) is 0 Å². The van der Waals surface area contributed by atoms with Crippen molar-refractivity contribution in [1.82, 2.24) is 0 Å². The third kappa shape index (κ3) is 3.05. The largest absolute Gasteiger partial charge is 0.360 e. The van der Waals surface area contributed by atoms with Crippen LogP contribution in [-0.4, -0.2) is 26.4 Å². The number of hydrogen-bond donors (Lipinski definition) is 0. The Morgan fingerprint density at radius 1 is 0.714 bits per heavy atom. The summed E-state index contributed by atoms with van der Waals surface area (Å²) < 4.78 is 25.3. The van der Waals surface area contributed by atoms with Gasteiger partial charge in [0.1, 0.15) is 0 Å². The SMILES string of the molecule is c1scc(C2OCCO2)c1[I+]c1cscc1C1OCCO1. The van der Waals surface area contributed by atoms with E-state index in [9.17, 15) is 0 Å². The van der Waals surface area contributed by atoms with E-state index in [0.717, 1.165) is 0 Å². The Morgan fingerprint density at radius 2 is 1.14 bits per heavy atom. The summed E-state index contributed by atoms with van der Waals surface area (Å²) in [4.78, 5) is 0. The molecule has 0 spiro atoms. The fourth-order valence-electron chi connectivity index (χ4n) is 2.26. The lowest BCUT2D eigenvalue weighted by atomic mass is 10.3. The van der Waals surface area contributed by atoms with Gasteiger partial charge in [0.2, 0.25) is 7.14 Å². The third-order valence-electron chi connectivity index (χ3n) is 3.24. The molecule has 4 heterocycles. The Bertz CT molecular complexity index is 547. The molecule has 4 rings (SSSR count). The van der Waals surface area contributed by atoms with Gasteiger partial charge in [-0.05, 0) is 0 Å². The molecule has 2 aliphatic rings. The van der Waals surface area contributed by atoms with Gasteiger partial charge in [0.25, 0.3) is 0 Å². The molecule has 0 aromatic carbocycles. The zero-order valence-corrected chi connectivity index (χ0v) is 14.9. The van der Waals surface area contributed by atoms with E-state index in [1.165, 1.54) is 18.3 Å². The van der Waals surface area contributed by atoms with E-state index in [1.807, 2.05) is 0 Å². The van der Waals surface area contributed by atoms with E-state index in [2.05, 4.69) is 21.5 Å². The molecule has 0 saturated carbocycles. The van der Waals surface area contributed by atoms with E-state index in [1.54, 1.807) is 22.7 Å². The highest BCUT2D eigenvalue weighted by molar-refractivity contribution is 7.08. The summed E-state index contributed by atoms with van der Waals surface area (Å²) in [5, 5.41) is 8.76. The van der Waals surface area contributed by atoms with Crippen molar-refractivity contribution >= 4 is 22.7 Å². The topological polar surface area (TPSA) is 36.9 Å². The van der Waals surface area contributed by atoms with Crippen molar-refractivity contribution in [1.29, 1.82) is 0 Å². The number of ether oxygens (including phenoxy) is 4. The first-order valence-corrected chi connectivity index (χ1v) is 10.7. The van der Waals surface area contributed by atoms with Crippen LogP contribution in [0.2, 0.25) is 0 Å². The Morgan fingerprint density at radius 3 is 1.57 bits per heavy atom. The molecule has 2 saturated heterocycles. The maximum absolute atomic E-state index is 5.64. The van der Waals surface area contributed by atoms with E-state index >= 15 is 0 Å². The number of rotatable bonds is 4. The number of hydrogen-bond acceptors (Lipinski definition) is 6. The Hall–Kier alpha value is -0.0300. The normalized spacial score (nSPS) is 20.6. The second-order valence-electron chi connectivity index (χ2n) is 4.59. The summed E-state index contributed by atoms with van der Waals surface area (Å²) in [5.74, 6) is 0. The maximum atomic E-state index is 5.64. The summed E-state index contributed by atoms with van der Waals surface area (Å²) >= 11 is 3.17. The summed E-state index contributed by atoms with van der Waals surface area (Å²) in [6.45, 7) is 2.74. The minimum absolute atomic E-state index is 0.174. The summed E-state index contributed by atoms with van der Waals surface area (Å²) in [5.41, 5.74) is 2.41. The first kappa shape index (κ1) is 14.6. The molecule has 112 valence electrons. The molecule has 0 amide bonds. The van der Waals surface area contributed by atoms with Crippen molar-refractivity contribution in [3.8, 4) is 0 Å². The molecule has 0 atom stereocenters. The molecule has 4 nitrogen and oxygen atoms in total. The van der Waals surface area contributed by atoms with Crippen LogP contribution in [0.1, 0.15) is 23.7 Å². The minimum atomic E-state index is -0.275. The Labute approximate surface area is 141 Å². The van der Waals surface area contributed by atoms with Gasteiger partial charge in [-0.15, -0.1) is 22.7 Å². The standard InChI is InChI=1S/C14H14IO4S2/c1-2-17-13(16-1)9-5-20-7-11(9)15-12-8-21-6-10(12)14-18-3-4-19-14/h5-8,13-14H,1-4H2/q+1. The summed E-state index contributed by atoms with van der Waals surface area (Å²) in [6.07, 6.45) is -0.348. The van der Waals surface area contributed by atoms with Crippen molar-refractivity contribution in [3.63, 3.8) is 0 Å². The molecular weight excluding hydrogens is 423 g/mol. The lowest BCUT2D eigenvalue weighted by Gasteiger charge is -2.06. The number of thiophene rings is 2. The lowest BCUT2D eigenvalue weighted by Crippen LogP contribution is -3.61. The molecule has 0 unspecified atom stereocenters. The van der Waals surface area contributed by atoms with E-state index in [4.69, 9.17) is 18.9 Å². The number of halogens is 1. The molecule has 7 heteroatoms. The second kappa shape index (κ2) is 6.61. The van der Waals surface area contributed by atoms with Gasteiger partial charge >= 0.3 is 21.2 Å². The van der Waals surface area contributed by atoms with Crippen LogP contribution in [-0.2, 0) is 18.9 Å². The van der Waals surface area contributed by atoms with Crippen LogP contribution in [0.4, 0.5) is 0 Å². The van der Waals surface area contributed by atoms with Crippen LogP contribution in [0.5, 0.6) is 0 Å². The Balaban J connectivity index is 1.56. The van der Waals surface area contributed by atoms with Crippen LogP contribution in [0, 0.1) is 7.14 Å². The average molecular weight is 437 g/mol. The molecule has 0 bridgehead atoms. The Kier molecular flexibility index (Phi) is 4.58. The fraction of sp³-hybridized carbons (Fsp3) is 0.429. The molecule has 2 aromatic heterocycles. The molecule has 2 fully saturated rings. The first-order valence-electron chi connectivity index (χ1n) is 6.65. The van der Waals surface area contributed by atoms with Crippen molar-refractivity contribution in [2.24, 2.45) is 0 Å². The van der Waals surface area contributed by atoms with Crippen LogP contribution in [0.15, 0.2) is 21.5 Å². The van der Waals surface area contributed by atoms with Gasteiger partial charge < -0.3 is 18.9 Å². The maximum Gasteiger partial charge on any atom is 0.360 e. The van der Waals surface area contributed by atoms with E-state index in [0.29, 0.717) is 26.4 Å². The highest BCUT2D eigenvalue weighted by Gasteiger charge is 2.34. The average Bonchev–Trinajstić information content (AvgIpc) is 3.28. The van der Waals surface area contributed by atoms with Crippen molar-refractivity contribution in [2.75, 3.05) is 26.4 Å². The van der Waals surface area contributed by atoms with Crippen LogP contribution < -0.4 is 21.2 Å². The van der Waals surface area contributed by atoms with E-state index in [-0.39, 0.29) is 33.8 Å². The van der Waals surface area contributed by atoms with Gasteiger partial charge in [-0.2, -0.15) is 0 Å². The smallest absolute Gasteiger partial charge is 0.346 e. The second-order valence-corrected chi connectivity index (χ2v) is 8.94. The van der Waals surface area contributed by atoms with Gasteiger partial charge in [-0.1, -0.05) is 0 Å². The van der Waals surface area contributed by atoms with Crippen LogP contribution in [0.25, 0.3) is 0 Å². The molecule has 21 heavy (non-hydrogen) atoms. The van der Waals surface area contributed by atoms with Crippen molar-refractivity contribution < 1.29 is 40.2 Å². The third-order valence-corrected chi connectivity index (χ3v) is 8.64. The van der Waals surface area contributed by atoms with Gasteiger partial charge in [-0.25, -0.2) is 0 Å². The zero-order valence-electron chi connectivity index (χ0n) is 11.1. The quantitative estimate of drug-likeness (QED) is 0.633. The molecular formula is C14H14IO4S2+. The molecule has 2 aromatic rings. The summed E-state index contributed by atoms with van der Waals surface area (Å²) in [6, 6.07) is 0. The predicted octanol–water partition coefficient (Wildman–Crippen LogP) is 0.0288. The van der Waals surface area contributed by atoms with Crippen molar-refractivity contribution in [3.05, 3.63) is 39.8 Å². The minimum Gasteiger partial charge on any atom is -0.346 e. The highest BCUT2D eigenvalue weighted by atomic mass is 127. The molecule has 2 aliphatic heterocycles. The van der Waals surface area contributed by atoms with Gasteiger partial charge in [0, 0.05) is 21.5 Å². The monoisotopic (exact) mass is 437 g/mol. The zero-order chi connectivity index (χ0) is 14.1. The molecule has 0 aliphatic carbocycles. The van der Waals surface area contributed by atoms with E-state index < -0.39 is 0 Å². The first-order chi connectivity index (χ1) is 10.4. The predicted molar refractivity (Wildman–Crippen MR) is 75.3 cm³/mol. The fourth-order valence-corrected chi connectivity index (χ4v) is 7.90. The molecule has 0 N–H and O–H groups in total. The summed E-state index contributed by atoms with van der Waals surface area (Å²) in [7, 11) is 0.